The van der Waals surface area contributed by atoms with Gasteiger partial charge in [0.2, 0.25) is 5.91 Å². The first-order valence-corrected chi connectivity index (χ1v) is 8.40. The van der Waals surface area contributed by atoms with Crippen molar-refractivity contribution in [2.45, 2.75) is 0 Å². The van der Waals surface area contributed by atoms with E-state index in [0.29, 0.717) is 11.3 Å². The molecule has 0 fully saturated rings. The van der Waals surface area contributed by atoms with Gasteiger partial charge in [0, 0.05) is 17.3 Å². The molecule has 0 saturated carbocycles. The molecule has 3 rings (SSSR count). The predicted octanol–water partition coefficient (Wildman–Crippen LogP) is 3.01. The first-order valence-electron chi connectivity index (χ1n) is 8.40. The minimum Gasteiger partial charge on any atom is -0.459 e. The normalized spacial score (nSPS) is 10.4. The standard InChI is InChI=1S/C21H17N3O4/c25-19(13-8-15-5-2-1-3-6-15)22-17-11-9-16(10-12-17)20(26)23-24-21(27)18-7-4-14-28-18/h1-14H,(H,22,25)(H,23,26)(H,24,27)/b13-8+. The summed E-state index contributed by atoms with van der Waals surface area (Å²) >= 11 is 0. The summed E-state index contributed by atoms with van der Waals surface area (Å²) in [6, 6.07) is 18.8. The van der Waals surface area contributed by atoms with Crippen LogP contribution < -0.4 is 16.2 Å². The van der Waals surface area contributed by atoms with Gasteiger partial charge in [0.25, 0.3) is 5.91 Å². The third-order valence-corrected chi connectivity index (χ3v) is 3.68. The number of nitrogens with one attached hydrogen (secondary N) is 3. The van der Waals surface area contributed by atoms with Crippen LogP contribution in [-0.4, -0.2) is 17.7 Å². The summed E-state index contributed by atoms with van der Waals surface area (Å²) in [5.74, 6) is -1.26. The number of furan rings is 1. The smallest absolute Gasteiger partial charge is 0.305 e. The van der Waals surface area contributed by atoms with E-state index in [1.54, 1.807) is 24.3 Å². The minimum absolute atomic E-state index is 0.0851. The molecule has 3 N–H and O–H groups in total. The molecule has 1 aromatic heterocycles. The summed E-state index contributed by atoms with van der Waals surface area (Å²) in [4.78, 5) is 35.7. The van der Waals surface area contributed by atoms with Gasteiger partial charge in [-0.05, 0) is 48.0 Å². The van der Waals surface area contributed by atoms with Gasteiger partial charge < -0.3 is 9.73 Å². The SMILES string of the molecule is O=C(/C=C/c1ccccc1)Nc1ccc(C(=O)NNC(=O)c2ccco2)cc1. The van der Waals surface area contributed by atoms with Crippen LogP contribution in [0.3, 0.4) is 0 Å². The van der Waals surface area contributed by atoms with Gasteiger partial charge in [-0.1, -0.05) is 30.3 Å². The molecule has 0 aliphatic carbocycles. The highest BCUT2D eigenvalue weighted by molar-refractivity contribution is 6.02. The van der Waals surface area contributed by atoms with Crippen molar-refractivity contribution >= 4 is 29.5 Å². The lowest BCUT2D eigenvalue weighted by atomic mass is 10.2. The Bertz CT molecular complexity index is 978. The Morgan fingerprint density at radius 2 is 1.50 bits per heavy atom. The van der Waals surface area contributed by atoms with Gasteiger partial charge in [-0.2, -0.15) is 0 Å². The van der Waals surface area contributed by atoms with Crippen LogP contribution >= 0.6 is 0 Å². The van der Waals surface area contributed by atoms with Crippen molar-refractivity contribution in [3.63, 3.8) is 0 Å². The molecule has 0 atom stereocenters. The van der Waals surface area contributed by atoms with Gasteiger partial charge in [-0.3, -0.25) is 25.2 Å². The number of hydrogen-bond acceptors (Lipinski definition) is 4. The fraction of sp³-hybridized carbons (Fsp3) is 0. The molecule has 0 aliphatic rings. The molecule has 0 saturated heterocycles. The Kier molecular flexibility index (Phi) is 5.99. The summed E-state index contributed by atoms with van der Waals surface area (Å²) in [5, 5.41) is 2.71. The van der Waals surface area contributed by atoms with E-state index in [1.165, 1.54) is 30.5 Å². The fourth-order valence-electron chi connectivity index (χ4n) is 2.28. The van der Waals surface area contributed by atoms with E-state index < -0.39 is 11.8 Å². The lowest BCUT2D eigenvalue weighted by Gasteiger charge is -2.07. The number of carbonyl (C=O) groups excluding carboxylic acids is 3. The molecule has 0 spiro atoms. The highest BCUT2D eigenvalue weighted by Gasteiger charge is 2.11. The van der Waals surface area contributed by atoms with Crippen LogP contribution in [0, 0.1) is 0 Å². The summed E-state index contributed by atoms with van der Waals surface area (Å²) in [7, 11) is 0. The lowest BCUT2D eigenvalue weighted by molar-refractivity contribution is -0.111. The Balaban J connectivity index is 1.51. The number of hydrogen-bond donors (Lipinski definition) is 3. The van der Waals surface area contributed by atoms with Gasteiger partial charge in [-0.15, -0.1) is 0 Å². The van der Waals surface area contributed by atoms with E-state index in [0.717, 1.165) is 5.56 Å². The molecular weight excluding hydrogens is 358 g/mol. The molecule has 140 valence electrons. The molecule has 0 unspecified atom stereocenters. The zero-order valence-electron chi connectivity index (χ0n) is 14.7. The molecular formula is C21H17N3O4. The number of carbonyl (C=O) groups is 3. The van der Waals surface area contributed by atoms with Crippen LogP contribution in [0.15, 0.2) is 83.5 Å². The second-order valence-electron chi connectivity index (χ2n) is 5.70. The Morgan fingerprint density at radius 1 is 0.786 bits per heavy atom. The van der Waals surface area contributed by atoms with Crippen molar-refractivity contribution in [2.24, 2.45) is 0 Å². The molecule has 3 amide bonds. The maximum absolute atomic E-state index is 12.1. The first kappa shape index (κ1) is 18.7. The number of anilines is 1. The fourth-order valence-corrected chi connectivity index (χ4v) is 2.28. The highest BCUT2D eigenvalue weighted by atomic mass is 16.3. The summed E-state index contributed by atoms with van der Waals surface area (Å²) in [6.45, 7) is 0. The van der Waals surface area contributed by atoms with E-state index >= 15 is 0 Å². The van der Waals surface area contributed by atoms with E-state index in [4.69, 9.17) is 4.42 Å². The molecule has 7 heteroatoms. The van der Waals surface area contributed by atoms with Gasteiger partial charge in [0.15, 0.2) is 5.76 Å². The number of rotatable bonds is 5. The van der Waals surface area contributed by atoms with Crippen molar-refractivity contribution in [1.82, 2.24) is 10.9 Å². The van der Waals surface area contributed by atoms with E-state index in [9.17, 15) is 14.4 Å². The minimum atomic E-state index is -0.563. The summed E-state index contributed by atoms with van der Waals surface area (Å²) in [5.41, 5.74) is 6.32. The maximum Gasteiger partial charge on any atom is 0.305 e. The second kappa shape index (κ2) is 9.00. The molecule has 3 aromatic rings. The Hall–Kier alpha value is -4.13. The third kappa shape index (κ3) is 5.18. The zero-order valence-corrected chi connectivity index (χ0v) is 14.7. The van der Waals surface area contributed by atoms with Crippen molar-refractivity contribution in [3.8, 4) is 0 Å². The van der Waals surface area contributed by atoms with Crippen LogP contribution in [0.25, 0.3) is 6.08 Å². The first-order chi connectivity index (χ1) is 13.6. The average Bonchev–Trinajstić information content (AvgIpc) is 3.26. The predicted molar refractivity (Wildman–Crippen MR) is 104 cm³/mol. The Labute approximate surface area is 161 Å². The lowest BCUT2D eigenvalue weighted by Crippen LogP contribution is -2.41. The van der Waals surface area contributed by atoms with Crippen LogP contribution in [0.1, 0.15) is 26.5 Å². The van der Waals surface area contributed by atoms with Crippen LogP contribution in [0.2, 0.25) is 0 Å². The van der Waals surface area contributed by atoms with E-state index in [-0.39, 0.29) is 11.7 Å². The van der Waals surface area contributed by atoms with Crippen molar-refractivity contribution < 1.29 is 18.8 Å². The summed E-state index contributed by atoms with van der Waals surface area (Å²) < 4.78 is 4.92. The summed E-state index contributed by atoms with van der Waals surface area (Å²) in [6.07, 6.45) is 4.50. The van der Waals surface area contributed by atoms with E-state index in [2.05, 4.69) is 16.2 Å². The zero-order chi connectivity index (χ0) is 19.8. The number of benzene rings is 2. The maximum atomic E-state index is 12.1. The molecule has 0 bridgehead atoms. The van der Waals surface area contributed by atoms with Crippen LogP contribution in [0.5, 0.6) is 0 Å². The average molecular weight is 375 g/mol. The molecule has 0 aliphatic heterocycles. The topological polar surface area (TPSA) is 100 Å². The van der Waals surface area contributed by atoms with E-state index in [1.807, 2.05) is 30.3 Å². The van der Waals surface area contributed by atoms with Crippen molar-refractivity contribution in [3.05, 3.63) is 96.0 Å². The van der Waals surface area contributed by atoms with Gasteiger partial charge in [0.1, 0.15) is 0 Å². The monoisotopic (exact) mass is 375 g/mol. The number of hydrazine groups is 1. The van der Waals surface area contributed by atoms with Crippen LogP contribution in [-0.2, 0) is 4.79 Å². The van der Waals surface area contributed by atoms with Gasteiger partial charge in [0.05, 0.1) is 6.26 Å². The van der Waals surface area contributed by atoms with Crippen molar-refractivity contribution in [2.75, 3.05) is 5.32 Å². The Morgan fingerprint density at radius 3 is 2.18 bits per heavy atom. The number of amides is 3. The largest absolute Gasteiger partial charge is 0.459 e. The van der Waals surface area contributed by atoms with Crippen LogP contribution in [0.4, 0.5) is 5.69 Å². The molecule has 2 aromatic carbocycles. The van der Waals surface area contributed by atoms with Gasteiger partial charge >= 0.3 is 5.91 Å². The molecule has 28 heavy (non-hydrogen) atoms. The third-order valence-electron chi connectivity index (χ3n) is 3.68. The van der Waals surface area contributed by atoms with Crippen molar-refractivity contribution in [1.29, 1.82) is 0 Å². The molecule has 7 nitrogen and oxygen atoms in total. The quantitative estimate of drug-likeness (QED) is 0.471. The molecule has 0 radical (unpaired) electrons. The molecule has 1 heterocycles. The second-order valence-corrected chi connectivity index (χ2v) is 5.70. The van der Waals surface area contributed by atoms with Gasteiger partial charge in [-0.25, -0.2) is 0 Å². The highest BCUT2D eigenvalue weighted by Crippen LogP contribution is 2.10.